The Morgan fingerprint density at radius 3 is 2.67 bits per heavy atom. The summed E-state index contributed by atoms with van der Waals surface area (Å²) in [5.41, 5.74) is 9.69. The number of nitrogens with two attached hydrogens (primary N) is 1. The Bertz CT molecular complexity index is 677. The van der Waals surface area contributed by atoms with E-state index >= 15 is 0 Å². The van der Waals surface area contributed by atoms with Crippen LogP contribution < -0.4 is 5.73 Å². The van der Waals surface area contributed by atoms with E-state index < -0.39 is 0 Å². The molecule has 1 aliphatic heterocycles. The molecule has 1 saturated heterocycles. The van der Waals surface area contributed by atoms with E-state index in [-0.39, 0.29) is 0 Å². The zero-order chi connectivity index (χ0) is 16.9. The second-order valence-electron chi connectivity index (χ2n) is 7.30. The van der Waals surface area contributed by atoms with Crippen molar-refractivity contribution in [1.82, 2.24) is 9.47 Å². The fourth-order valence-electron chi connectivity index (χ4n) is 3.97. The number of benzene rings is 1. The van der Waals surface area contributed by atoms with Gasteiger partial charge >= 0.3 is 0 Å². The third-order valence-electron chi connectivity index (χ3n) is 5.22. The van der Waals surface area contributed by atoms with Gasteiger partial charge in [-0.15, -0.1) is 0 Å². The van der Waals surface area contributed by atoms with Crippen molar-refractivity contribution >= 4 is 10.9 Å². The smallest absolute Gasteiger partial charge is 0.0486 e. The van der Waals surface area contributed by atoms with Crippen LogP contribution in [0.1, 0.15) is 44.1 Å². The van der Waals surface area contributed by atoms with Gasteiger partial charge in [-0.1, -0.05) is 30.4 Å². The summed E-state index contributed by atoms with van der Waals surface area (Å²) in [4.78, 5) is 2.61. The van der Waals surface area contributed by atoms with E-state index in [1.54, 1.807) is 0 Å². The number of nitrogens with zero attached hydrogens (tertiary/aromatic N) is 2. The maximum absolute atomic E-state index is 5.60. The molecule has 0 aliphatic carbocycles. The molecule has 2 heterocycles. The number of piperidine rings is 1. The summed E-state index contributed by atoms with van der Waals surface area (Å²) in [6, 6.07) is 8.83. The number of rotatable bonds is 7. The molecular weight excluding hydrogens is 294 g/mol. The molecule has 0 saturated carbocycles. The topological polar surface area (TPSA) is 34.2 Å². The Morgan fingerprint density at radius 1 is 1.21 bits per heavy atom. The minimum Gasteiger partial charge on any atom is -0.343 e. The fraction of sp³-hybridized carbons (Fsp3) is 0.524. The van der Waals surface area contributed by atoms with E-state index in [9.17, 15) is 0 Å². The lowest BCUT2D eigenvalue weighted by Crippen LogP contribution is -2.33. The number of aromatic nitrogens is 1. The molecule has 130 valence electrons. The highest BCUT2D eigenvalue weighted by Gasteiger charge is 2.23. The molecule has 1 aliphatic rings. The largest absolute Gasteiger partial charge is 0.343 e. The van der Waals surface area contributed by atoms with Crippen molar-refractivity contribution in [3.8, 4) is 0 Å². The molecule has 0 unspecified atom stereocenters. The molecule has 3 rings (SSSR count). The highest BCUT2D eigenvalue weighted by atomic mass is 15.1. The van der Waals surface area contributed by atoms with Crippen molar-refractivity contribution in [2.24, 2.45) is 5.73 Å². The van der Waals surface area contributed by atoms with Gasteiger partial charge in [-0.2, -0.15) is 0 Å². The number of allylic oxidation sites excluding steroid dienone is 1. The van der Waals surface area contributed by atoms with Crippen molar-refractivity contribution in [3.63, 3.8) is 0 Å². The monoisotopic (exact) mass is 325 g/mol. The molecule has 2 aromatic rings. The number of likely N-dealkylation sites (tertiary alicyclic amines) is 1. The zero-order valence-electron chi connectivity index (χ0n) is 15.0. The Labute approximate surface area is 146 Å². The minimum atomic E-state index is 0.687. The Kier molecular flexibility index (Phi) is 5.75. The average Bonchev–Trinajstić information content (AvgIpc) is 2.94. The predicted octanol–water partition coefficient (Wildman–Crippen LogP) is 4.14. The predicted molar refractivity (Wildman–Crippen MR) is 103 cm³/mol. The molecule has 2 N–H and O–H groups in total. The van der Waals surface area contributed by atoms with Crippen LogP contribution in [0.2, 0.25) is 0 Å². The molecule has 0 amide bonds. The maximum Gasteiger partial charge on any atom is 0.0486 e. The van der Waals surface area contributed by atoms with Crippen LogP contribution in [0.3, 0.4) is 0 Å². The lowest BCUT2D eigenvalue weighted by molar-refractivity contribution is 0.209. The van der Waals surface area contributed by atoms with Gasteiger partial charge in [0.15, 0.2) is 0 Å². The van der Waals surface area contributed by atoms with E-state index in [1.807, 2.05) is 0 Å². The summed E-state index contributed by atoms with van der Waals surface area (Å²) < 4.78 is 2.38. The van der Waals surface area contributed by atoms with E-state index in [0.717, 1.165) is 19.5 Å². The number of hydrogen-bond acceptors (Lipinski definition) is 2. The number of unbranched alkanes of at least 4 members (excludes halogenated alkanes) is 1. The van der Waals surface area contributed by atoms with Crippen molar-refractivity contribution in [3.05, 3.63) is 48.2 Å². The molecule has 24 heavy (non-hydrogen) atoms. The standard InChI is InChI=1S/C21H31N3/c1-17(2)15-24-16-20(19-7-3-4-8-21(19)24)18-9-13-23(14-10-18)12-6-5-11-22/h3-4,7-8,16,18H,1,5-6,9-15,22H2,2H3. The van der Waals surface area contributed by atoms with Crippen molar-refractivity contribution in [2.45, 2.75) is 45.1 Å². The second kappa shape index (κ2) is 8.00. The van der Waals surface area contributed by atoms with Gasteiger partial charge in [-0.25, -0.2) is 0 Å². The molecule has 3 heteroatoms. The maximum atomic E-state index is 5.60. The summed E-state index contributed by atoms with van der Waals surface area (Å²) in [5.74, 6) is 0.687. The second-order valence-corrected chi connectivity index (χ2v) is 7.30. The van der Waals surface area contributed by atoms with E-state index in [0.29, 0.717) is 5.92 Å². The van der Waals surface area contributed by atoms with Gasteiger partial charge in [0, 0.05) is 23.6 Å². The van der Waals surface area contributed by atoms with Crippen LogP contribution in [-0.2, 0) is 6.54 Å². The zero-order valence-corrected chi connectivity index (χ0v) is 15.0. The Morgan fingerprint density at radius 2 is 1.96 bits per heavy atom. The molecule has 0 spiro atoms. The first-order chi connectivity index (χ1) is 11.7. The third kappa shape index (κ3) is 3.90. The first-order valence-corrected chi connectivity index (χ1v) is 9.33. The summed E-state index contributed by atoms with van der Waals surface area (Å²) >= 11 is 0. The van der Waals surface area contributed by atoms with Crippen LogP contribution in [0.4, 0.5) is 0 Å². The first kappa shape index (κ1) is 17.2. The molecule has 0 radical (unpaired) electrons. The highest BCUT2D eigenvalue weighted by molar-refractivity contribution is 5.84. The van der Waals surface area contributed by atoms with Crippen molar-refractivity contribution in [1.29, 1.82) is 0 Å². The van der Waals surface area contributed by atoms with Crippen LogP contribution in [0.15, 0.2) is 42.6 Å². The number of hydrogen-bond donors (Lipinski definition) is 1. The Hall–Kier alpha value is -1.58. The van der Waals surface area contributed by atoms with Crippen LogP contribution in [-0.4, -0.2) is 35.6 Å². The number of para-hydroxylation sites is 1. The third-order valence-corrected chi connectivity index (χ3v) is 5.22. The average molecular weight is 325 g/mol. The van der Waals surface area contributed by atoms with Crippen molar-refractivity contribution < 1.29 is 0 Å². The summed E-state index contributed by atoms with van der Waals surface area (Å²) in [6.45, 7) is 11.6. The van der Waals surface area contributed by atoms with Gasteiger partial charge in [-0.3, -0.25) is 0 Å². The normalized spacial score (nSPS) is 16.8. The van der Waals surface area contributed by atoms with Crippen LogP contribution in [0.25, 0.3) is 10.9 Å². The molecule has 1 fully saturated rings. The summed E-state index contributed by atoms with van der Waals surface area (Å²) in [6.07, 6.45) is 7.30. The number of fused-ring (bicyclic) bond motifs is 1. The SMILES string of the molecule is C=C(C)Cn1cc(C2CCN(CCCCN)CC2)c2ccccc21. The first-order valence-electron chi connectivity index (χ1n) is 9.33. The van der Waals surface area contributed by atoms with Crippen LogP contribution in [0, 0.1) is 0 Å². The van der Waals surface area contributed by atoms with E-state index in [4.69, 9.17) is 5.73 Å². The van der Waals surface area contributed by atoms with Gasteiger partial charge in [-0.05, 0) is 76.3 Å². The fourth-order valence-corrected chi connectivity index (χ4v) is 3.97. The molecule has 1 aromatic carbocycles. The molecule has 1 aromatic heterocycles. The van der Waals surface area contributed by atoms with Gasteiger partial charge in [0.2, 0.25) is 0 Å². The summed E-state index contributed by atoms with van der Waals surface area (Å²) in [7, 11) is 0. The molecule has 3 nitrogen and oxygen atoms in total. The quantitative estimate of drug-likeness (QED) is 0.613. The summed E-state index contributed by atoms with van der Waals surface area (Å²) in [5, 5.41) is 1.43. The van der Waals surface area contributed by atoms with E-state index in [1.165, 1.54) is 60.9 Å². The van der Waals surface area contributed by atoms with Crippen LogP contribution >= 0.6 is 0 Å². The van der Waals surface area contributed by atoms with Crippen LogP contribution in [0.5, 0.6) is 0 Å². The van der Waals surface area contributed by atoms with E-state index in [2.05, 4.69) is 53.4 Å². The minimum absolute atomic E-state index is 0.687. The Balaban J connectivity index is 1.72. The van der Waals surface area contributed by atoms with Gasteiger partial charge in [0.05, 0.1) is 0 Å². The lowest BCUT2D eigenvalue weighted by Gasteiger charge is -2.32. The lowest BCUT2D eigenvalue weighted by atomic mass is 9.89. The molecule has 0 atom stereocenters. The molecule has 0 bridgehead atoms. The highest BCUT2D eigenvalue weighted by Crippen LogP contribution is 2.34. The molecular formula is C21H31N3. The van der Waals surface area contributed by atoms with Gasteiger partial charge < -0.3 is 15.2 Å². The van der Waals surface area contributed by atoms with Gasteiger partial charge in [0.1, 0.15) is 0 Å². The van der Waals surface area contributed by atoms with Crippen molar-refractivity contribution in [2.75, 3.05) is 26.2 Å². The van der Waals surface area contributed by atoms with Gasteiger partial charge in [0.25, 0.3) is 0 Å².